The Morgan fingerprint density at radius 3 is 2.29 bits per heavy atom. The van der Waals surface area contributed by atoms with Crippen molar-refractivity contribution in [2.45, 2.75) is 65.7 Å². The molecule has 0 amide bonds. The lowest BCUT2D eigenvalue weighted by atomic mass is 10.0. The van der Waals surface area contributed by atoms with Gasteiger partial charge in [-0.05, 0) is 31.8 Å². The van der Waals surface area contributed by atoms with Crippen molar-refractivity contribution in [3.8, 4) is 0 Å². The molecule has 0 rings (SSSR count). The Balaban J connectivity index is 3.02. The molecule has 0 saturated carbocycles. The van der Waals surface area contributed by atoms with E-state index in [0.717, 1.165) is 5.92 Å². The summed E-state index contributed by atoms with van der Waals surface area (Å²) in [5, 5.41) is 3.55. The van der Waals surface area contributed by atoms with E-state index in [0.29, 0.717) is 0 Å². The molecule has 0 heterocycles. The molecular formula is C13H29N. The lowest BCUT2D eigenvalue weighted by Gasteiger charge is -2.11. The summed E-state index contributed by atoms with van der Waals surface area (Å²) in [7, 11) is 0. The molecule has 0 spiro atoms. The fourth-order valence-corrected chi connectivity index (χ4v) is 1.68. The molecular weight excluding hydrogens is 170 g/mol. The van der Waals surface area contributed by atoms with Crippen LogP contribution >= 0.6 is 0 Å². The van der Waals surface area contributed by atoms with Gasteiger partial charge in [0, 0.05) is 0 Å². The number of unbranched alkanes of at least 4 members (excludes halogenated alkanes) is 4. The maximum Gasteiger partial charge on any atom is -0.00232 e. The van der Waals surface area contributed by atoms with Crippen molar-refractivity contribution in [2.24, 2.45) is 5.92 Å². The van der Waals surface area contributed by atoms with Gasteiger partial charge in [0.15, 0.2) is 0 Å². The van der Waals surface area contributed by atoms with Crippen molar-refractivity contribution in [3.63, 3.8) is 0 Å². The molecule has 1 N–H and O–H groups in total. The number of nitrogens with one attached hydrogen (secondary N) is 1. The smallest absolute Gasteiger partial charge is 0.00232 e. The average Bonchev–Trinajstić information content (AvgIpc) is 2.20. The largest absolute Gasteiger partial charge is 0.316 e. The van der Waals surface area contributed by atoms with Gasteiger partial charge in [0.25, 0.3) is 0 Å². The summed E-state index contributed by atoms with van der Waals surface area (Å²) in [6.07, 6.45) is 9.60. The second-order valence-corrected chi connectivity index (χ2v) is 4.51. The fourth-order valence-electron chi connectivity index (χ4n) is 1.68. The Morgan fingerprint density at radius 1 is 0.929 bits per heavy atom. The highest BCUT2D eigenvalue weighted by Crippen LogP contribution is 2.06. The van der Waals surface area contributed by atoms with Gasteiger partial charge in [0.1, 0.15) is 0 Å². The molecule has 0 radical (unpaired) electrons. The molecule has 86 valence electrons. The van der Waals surface area contributed by atoms with Gasteiger partial charge in [0.05, 0.1) is 0 Å². The van der Waals surface area contributed by atoms with E-state index in [-0.39, 0.29) is 0 Å². The van der Waals surface area contributed by atoms with Gasteiger partial charge in [-0.2, -0.15) is 0 Å². The van der Waals surface area contributed by atoms with Crippen molar-refractivity contribution in [2.75, 3.05) is 13.1 Å². The summed E-state index contributed by atoms with van der Waals surface area (Å²) in [6, 6.07) is 0. The Labute approximate surface area is 90.7 Å². The molecule has 0 aromatic carbocycles. The molecule has 0 aliphatic carbocycles. The van der Waals surface area contributed by atoms with E-state index < -0.39 is 0 Å². The second-order valence-electron chi connectivity index (χ2n) is 4.51. The van der Waals surface area contributed by atoms with Gasteiger partial charge in [-0.25, -0.2) is 0 Å². The number of hydrogen-bond donors (Lipinski definition) is 1. The third kappa shape index (κ3) is 10.0. The van der Waals surface area contributed by atoms with Crippen LogP contribution < -0.4 is 5.32 Å². The quantitative estimate of drug-likeness (QED) is 0.525. The van der Waals surface area contributed by atoms with Gasteiger partial charge in [0.2, 0.25) is 0 Å². The standard InChI is InChI=1S/C13H29N/c1-4-6-8-9-11-14-12-13(3)10-7-5-2/h13-14H,4-12H2,1-3H3. The van der Waals surface area contributed by atoms with Crippen molar-refractivity contribution in [1.82, 2.24) is 5.32 Å². The predicted octanol–water partition coefficient (Wildman–Crippen LogP) is 3.98. The van der Waals surface area contributed by atoms with Gasteiger partial charge in [-0.3, -0.25) is 0 Å². The average molecular weight is 199 g/mol. The van der Waals surface area contributed by atoms with Crippen molar-refractivity contribution < 1.29 is 0 Å². The van der Waals surface area contributed by atoms with Crippen LogP contribution in [-0.2, 0) is 0 Å². The van der Waals surface area contributed by atoms with Crippen LogP contribution in [0.2, 0.25) is 0 Å². The molecule has 0 aromatic heterocycles. The van der Waals surface area contributed by atoms with Crippen LogP contribution in [0.5, 0.6) is 0 Å². The molecule has 14 heavy (non-hydrogen) atoms. The molecule has 0 fully saturated rings. The number of hydrogen-bond acceptors (Lipinski definition) is 1. The van der Waals surface area contributed by atoms with E-state index in [1.54, 1.807) is 0 Å². The Kier molecular flexibility index (Phi) is 11.0. The van der Waals surface area contributed by atoms with E-state index in [4.69, 9.17) is 0 Å². The minimum atomic E-state index is 0.862. The van der Waals surface area contributed by atoms with Crippen LogP contribution in [0.25, 0.3) is 0 Å². The minimum Gasteiger partial charge on any atom is -0.316 e. The van der Waals surface area contributed by atoms with Crippen LogP contribution in [-0.4, -0.2) is 13.1 Å². The predicted molar refractivity (Wildman–Crippen MR) is 65.7 cm³/mol. The summed E-state index contributed by atoms with van der Waals surface area (Å²) in [4.78, 5) is 0. The Bertz CT molecular complexity index is 101. The molecule has 1 unspecified atom stereocenters. The van der Waals surface area contributed by atoms with Crippen LogP contribution in [0, 0.1) is 5.92 Å². The molecule has 0 aliphatic rings. The lowest BCUT2D eigenvalue weighted by molar-refractivity contribution is 0.458. The van der Waals surface area contributed by atoms with Crippen LogP contribution in [0.1, 0.15) is 65.7 Å². The molecule has 0 aliphatic heterocycles. The van der Waals surface area contributed by atoms with Gasteiger partial charge in [-0.15, -0.1) is 0 Å². The first kappa shape index (κ1) is 14.0. The minimum absolute atomic E-state index is 0.862. The first-order valence-electron chi connectivity index (χ1n) is 6.52. The van der Waals surface area contributed by atoms with Crippen LogP contribution in [0.3, 0.4) is 0 Å². The Morgan fingerprint density at radius 2 is 1.64 bits per heavy atom. The van der Waals surface area contributed by atoms with Gasteiger partial charge < -0.3 is 5.32 Å². The van der Waals surface area contributed by atoms with E-state index in [1.807, 2.05) is 0 Å². The topological polar surface area (TPSA) is 12.0 Å². The highest BCUT2D eigenvalue weighted by Gasteiger charge is 1.99. The molecule has 1 nitrogen and oxygen atoms in total. The van der Waals surface area contributed by atoms with Gasteiger partial charge >= 0.3 is 0 Å². The van der Waals surface area contributed by atoms with Gasteiger partial charge in [-0.1, -0.05) is 52.9 Å². The lowest BCUT2D eigenvalue weighted by Crippen LogP contribution is -2.22. The maximum atomic E-state index is 3.55. The highest BCUT2D eigenvalue weighted by atomic mass is 14.8. The van der Waals surface area contributed by atoms with E-state index in [9.17, 15) is 0 Å². The zero-order valence-corrected chi connectivity index (χ0v) is 10.4. The molecule has 0 bridgehead atoms. The zero-order valence-electron chi connectivity index (χ0n) is 10.4. The summed E-state index contributed by atoms with van der Waals surface area (Å²) in [5.41, 5.74) is 0. The first-order chi connectivity index (χ1) is 6.81. The summed E-state index contributed by atoms with van der Waals surface area (Å²) in [5.74, 6) is 0.862. The monoisotopic (exact) mass is 199 g/mol. The third-order valence-corrected chi connectivity index (χ3v) is 2.75. The van der Waals surface area contributed by atoms with E-state index in [1.165, 1.54) is 58.0 Å². The Hall–Kier alpha value is -0.0400. The summed E-state index contributed by atoms with van der Waals surface area (Å²) in [6.45, 7) is 9.32. The van der Waals surface area contributed by atoms with Crippen LogP contribution in [0.15, 0.2) is 0 Å². The van der Waals surface area contributed by atoms with Crippen LogP contribution in [0.4, 0.5) is 0 Å². The number of rotatable bonds is 10. The van der Waals surface area contributed by atoms with Crippen molar-refractivity contribution >= 4 is 0 Å². The first-order valence-corrected chi connectivity index (χ1v) is 6.52. The van der Waals surface area contributed by atoms with Crippen molar-refractivity contribution in [1.29, 1.82) is 0 Å². The SMILES string of the molecule is CCCCCCNCC(C)CCCC. The molecule has 1 heteroatoms. The normalized spacial score (nSPS) is 13.1. The molecule has 0 saturated heterocycles. The van der Waals surface area contributed by atoms with Crippen molar-refractivity contribution in [3.05, 3.63) is 0 Å². The zero-order chi connectivity index (χ0) is 10.6. The summed E-state index contributed by atoms with van der Waals surface area (Å²) >= 11 is 0. The van der Waals surface area contributed by atoms with E-state index in [2.05, 4.69) is 26.1 Å². The van der Waals surface area contributed by atoms with E-state index >= 15 is 0 Å². The maximum absolute atomic E-state index is 3.55. The highest BCUT2D eigenvalue weighted by molar-refractivity contribution is 4.57. The third-order valence-electron chi connectivity index (χ3n) is 2.75. The second kappa shape index (κ2) is 11.0. The molecule has 0 aromatic rings. The molecule has 1 atom stereocenters. The summed E-state index contributed by atoms with van der Waals surface area (Å²) < 4.78 is 0. The fraction of sp³-hybridized carbons (Fsp3) is 1.00.